The molecule has 0 aliphatic carbocycles. The molecule has 11 heteroatoms. The quantitative estimate of drug-likeness (QED) is 0.337. The Hall–Kier alpha value is -4.54. The summed E-state index contributed by atoms with van der Waals surface area (Å²) in [5.74, 6) is 0.677. The number of nitrogens with two attached hydrogens (primary N) is 1. The first-order valence-electron chi connectivity index (χ1n) is 10.9. The first kappa shape index (κ1) is 24.6. The number of nitrogens with one attached hydrogen (secondary N) is 2. The first-order valence-corrected chi connectivity index (χ1v) is 10.9. The number of carbonyl (C=O) groups is 1. The number of halogens is 3. The van der Waals surface area contributed by atoms with E-state index in [-0.39, 0.29) is 11.5 Å². The summed E-state index contributed by atoms with van der Waals surface area (Å²) >= 11 is 0. The first-order chi connectivity index (χ1) is 17.3. The number of hydrogen-bond donors (Lipinski definition) is 3. The van der Waals surface area contributed by atoms with Crippen LogP contribution in [0.15, 0.2) is 72.9 Å². The second-order valence-corrected chi connectivity index (χ2v) is 7.75. The summed E-state index contributed by atoms with van der Waals surface area (Å²) in [5, 5.41) is 9.97. The summed E-state index contributed by atoms with van der Waals surface area (Å²) in [6.07, 6.45) is -2.27. The topological polar surface area (TPSA) is 107 Å². The van der Waals surface area contributed by atoms with Gasteiger partial charge in [0.05, 0.1) is 18.4 Å². The molecule has 8 nitrogen and oxygen atoms in total. The number of urea groups is 1. The molecule has 0 aliphatic rings. The number of amides is 2. The Morgan fingerprint density at radius 3 is 2.39 bits per heavy atom. The Bertz CT molecular complexity index is 1320. The third-order valence-electron chi connectivity index (χ3n) is 5.36. The number of alkyl halides is 3. The van der Waals surface area contributed by atoms with Crippen LogP contribution < -0.4 is 21.1 Å². The minimum Gasteiger partial charge on any atom is -0.497 e. The smallest absolute Gasteiger partial charge is 0.416 e. The molecule has 0 aliphatic heterocycles. The van der Waals surface area contributed by atoms with Gasteiger partial charge in [0.2, 0.25) is 0 Å². The number of pyridine rings is 1. The molecule has 2 aromatic carbocycles. The zero-order valence-electron chi connectivity index (χ0n) is 19.2. The average molecular weight is 496 g/mol. The Balaban J connectivity index is 1.62. The second kappa shape index (κ2) is 10.4. The van der Waals surface area contributed by atoms with Crippen molar-refractivity contribution in [3.63, 3.8) is 0 Å². The van der Waals surface area contributed by atoms with Crippen LogP contribution in [-0.4, -0.2) is 34.5 Å². The number of hydrogen-bond acceptors (Lipinski definition) is 5. The number of methoxy groups -OCH3 is 1. The molecule has 36 heavy (non-hydrogen) atoms. The SMILES string of the molecule is COc1ccc(-c2nn(-c3ccc(C(F)(F)F)cc3)c(N)c2NC(=O)NCCc2ccccn2)cc1. The molecule has 0 unspecified atom stereocenters. The van der Waals surface area contributed by atoms with Gasteiger partial charge in [-0.3, -0.25) is 4.98 Å². The second-order valence-electron chi connectivity index (χ2n) is 7.75. The van der Waals surface area contributed by atoms with E-state index in [0.29, 0.717) is 35.7 Å². The normalized spacial score (nSPS) is 11.2. The lowest BCUT2D eigenvalue weighted by atomic mass is 10.1. The van der Waals surface area contributed by atoms with Gasteiger partial charge in [-0.25, -0.2) is 9.48 Å². The lowest BCUT2D eigenvalue weighted by molar-refractivity contribution is -0.137. The number of anilines is 2. The van der Waals surface area contributed by atoms with Crippen LogP contribution >= 0.6 is 0 Å². The number of ether oxygens (including phenoxy) is 1. The third-order valence-corrected chi connectivity index (χ3v) is 5.36. The molecule has 0 atom stereocenters. The monoisotopic (exact) mass is 496 g/mol. The van der Waals surface area contributed by atoms with Crippen LogP contribution in [0.25, 0.3) is 16.9 Å². The van der Waals surface area contributed by atoms with Crippen molar-refractivity contribution in [1.82, 2.24) is 20.1 Å². The van der Waals surface area contributed by atoms with Gasteiger partial charge in [-0.15, -0.1) is 0 Å². The van der Waals surface area contributed by atoms with Crippen molar-refractivity contribution in [1.29, 1.82) is 0 Å². The van der Waals surface area contributed by atoms with Crippen molar-refractivity contribution in [2.45, 2.75) is 12.6 Å². The minimum atomic E-state index is -4.47. The molecule has 2 amide bonds. The van der Waals surface area contributed by atoms with Crippen LogP contribution in [0.3, 0.4) is 0 Å². The number of benzene rings is 2. The number of aromatic nitrogens is 3. The van der Waals surface area contributed by atoms with Gasteiger partial charge in [0.25, 0.3) is 0 Å². The standard InChI is InChI=1S/C25H23F3N6O2/c1-36-20-11-5-16(6-12-20)21-22(32-24(35)31-15-13-18-4-2-3-14-30-18)23(29)34(33-21)19-9-7-17(8-10-19)25(26,27)28/h2-12,14H,13,15,29H2,1H3,(H2,31,32,35). The van der Waals surface area contributed by atoms with Crippen molar-refractivity contribution in [3.05, 3.63) is 84.2 Å². The molecule has 4 N–H and O–H groups in total. The summed E-state index contributed by atoms with van der Waals surface area (Å²) in [6, 6.07) is 16.3. The molecule has 4 rings (SSSR count). The van der Waals surface area contributed by atoms with Gasteiger partial charge in [-0.05, 0) is 60.7 Å². The number of carbonyl (C=O) groups excluding carboxylic acids is 1. The predicted molar refractivity (Wildman–Crippen MR) is 130 cm³/mol. The van der Waals surface area contributed by atoms with Crippen molar-refractivity contribution >= 4 is 17.5 Å². The Kier molecular flexibility index (Phi) is 7.09. The van der Waals surface area contributed by atoms with E-state index in [1.54, 1.807) is 36.5 Å². The van der Waals surface area contributed by atoms with E-state index >= 15 is 0 Å². The highest BCUT2D eigenvalue weighted by atomic mass is 19.4. The highest BCUT2D eigenvalue weighted by Crippen LogP contribution is 2.36. The van der Waals surface area contributed by atoms with E-state index in [1.165, 1.54) is 23.9 Å². The highest BCUT2D eigenvalue weighted by molar-refractivity contribution is 5.97. The van der Waals surface area contributed by atoms with Crippen LogP contribution in [0.5, 0.6) is 5.75 Å². The molecule has 2 aromatic heterocycles. The average Bonchev–Trinajstić information content (AvgIpc) is 3.20. The van der Waals surface area contributed by atoms with Crippen molar-refractivity contribution < 1.29 is 22.7 Å². The highest BCUT2D eigenvalue weighted by Gasteiger charge is 2.30. The number of nitrogen functional groups attached to an aromatic ring is 1. The maximum atomic E-state index is 13.0. The summed E-state index contributed by atoms with van der Waals surface area (Å²) < 4.78 is 45.4. The molecular formula is C25H23F3N6O2. The molecule has 0 saturated carbocycles. The fourth-order valence-corrected chi connectivity index (χ4v) is 3.50. The van der Waals surface area contributed by atoms with Gasteiger partial charge >= 0.3 is 12.2 Å². The van der Waals surface area contributed by atoms with E-state index in [1.807, 2.05) is 12.1 Å². The zero-order valence-corrected chi connectivity index (χ0v) is 19.2. The van der Waals surface area contributed by atoms with E-state index in [0.717, 1.165) is 17.8 Å². The molecule has 0 radical (unpaired) electrons. The summed E-state index contributed by atoms with van der Waals surface area (Å²) in [4.78, 5) is 16.9. The van der Waals surface area contributed by atoms with Crippen LogP contribution in [0, 0.1) is 0 Å². The van der Waals surface area contributed by atoms with Gasteiger partial charge in [0, 0.05) is 30.4 Å². The zero-order chi connectivity index (χ0) is 25.7. The maximum Gasteiger partial charge on any atom is 0.416 e. The largest absolute Gasteiger partial charge is 0.497 e. The van der Waals surface area contributed by atoms with Gasteiger partial charge in [0.15, 0.2) is 5.82 Å². The van der Waals surface area contributed by atoms with Gasteiger partial charge < -0.3 is 21.1 Å². The minimum absolute atomic E-state index is 0.0560. The molecule has 186 valence electrons. The van der Waals surface area contributed by atoms with Crippen LogP contribution in [0.1, 0.15) is 11.3 Å². The molecule has 0 spiro atoms. The van der Waals surface area contributed by atoms with Gasteiger partial charge in [-0.1, -0.05) is 6.07 Å². The van der Waals surface area contributed by atoms with Crippen molar-refractivity contribution in [2.24, 2.45) is 0 Å². The molecule has 2 heterocycles. The van der Waals surface area contributed by atoms with Crippen LogP contribution in [-0.2, 0) is 12.6 Å². The fraction of sp³-hybridized carbons (Fsp3) is 0.160. The maximum absolute atomic E-state index is 13.0. The Morgan fingerprint density at radius 2 is 1.78 bits per heavy atom. The third kappa shape index (κ3) is 5.57. The van der Waals surface area contributed by atoms with E-state index in [9.17, 15) is 18.0 Å². The number of rotatable bonds is 7. The molecule has 0 fully saturated rings. The lowest BCUT2D eigenvalue weighted by Crippen LogP contribution is -2.31. The predicted octanol–water partition coefficient (Wildman–Crippen LogP) is 4.91. The van der Waals surface area contributed by atoms with E-state index in [2.05, 4.69) is 20.7 Å². The van der Waals surface area contributed by atoms with Gasteiger partial charge in [0.1, 0.15) is 17.1 Å². The summed E-state index contributed by atoms with van der Waals surface area (Å²) in [5.41, 5.74) is 7.84. The molecule has 4 aromatic rings. The lowest BCUT2D eigenvalue weighted by Gasteiger charge is -2.10. The van der Waals surface area contributed by atoms with Gasteiger partial charge in [-0.2, -0.15) is 18.3 Å². The molecule has 0 saturated heterocycles. The number of nitrogens with zero attached hydrogens (tertiary/aromatic N) is 3. The van der Waals surface area contributed by atoms with Crippen LogP contribution in [0.2, 0.25) is 0 Å². The van der Waals surface area contributed by atoms with Crippen molar-refractivity contribution in [2.75, 3.05) is 24.7 Å². The molecule has 0 bridgehead atoms. The van der Waals surface area contributed by atoms with Crippen molar-refractivity contribution in [3.8, 4) is 22.7 Å². The molecular weight excluding hydrogens is 473 g/mol. The Morgan fingerprint density at radius 1 is 1.06 bits per heavy atom. The van der Waals surface area contributed by atoms with E-state index < -0.39 is 17.8 Å². The Labute approximate surface area is 204 Å². The van der Waals surface area contributed by atoms with Crippen LogP contribution in [0.4, 0.5) is 29.5 Å². The summed E-state index contributed by atoms with van der Waals surface area (Å²) in [7, 11) is 1.54. The summed E-state index contributed by atoms with van der Waals surface area (Å²) in [6.45, 7) is 0.327. The fourth-order valence-electron chi connectivity index (χ4n) is 3.50. The van der Waals surface area contributed by atoms with E-state index in [4.69, 9.17) is 10.5 Å².